The number of ketones is 1. The van der Waals surface area contributed by atoms with Gasteiger partial charge in [-0.1, -0.05) is 23.7 Å². The Bertz CT molecular complexity index is 1840. The first kappa shape index (κ1) is 32.9. The molecule has 45 heavy (non-hydrogen) atoms. The van der Waals surface area contributed by atoms with Gasteiger partial charge in [-0.15, -0.1) is 5.10 Å². The Hall–Kier alpha value is -5.05. The van der Waals surface area contributed by atoms with Crippen molar-refractivity contribution in [1.82, 2.24) is 24.9 Å². The van der Waals surface area contributed by atoms with Crippen molar-refractivity contribution in [2.75, 3.05) is 19.0 Å². The molecule has 2 amide bonds. The van der Waals surface area contributed by atoms with Crippen molar-refractivity contribution in [1.29, 1.82) is 0 Å². The first-order valence-corrected chi connectivity index (χ1v) is 13.6. The van der Waals surface area contributed by atoms with E-state index >= 15 is 0 Å². The van der Waals surface area contributed by atoms with Gasteiger partial charge in [0.15, 0.2) is 5.69 Å². The highest BCUT2D eigenvalue weighted by atomic mass is 35.5. The molecule has 0 saturated heterocycles. The number of aromatic nitrogens is 4. The Kier molecular flexibility index (Phi) is 9.71. The Morgan fingerprint density at radius 2 is 1.80 bits per heavy atom. The molecule has 2 heterocycles. The molecule has 4 rings (SSSR count). The topological polar surface area (TPSA) is 137 Å². The van der Waals surface area contributed by atoms with E-state index in [1.165, 1.54) is 44.5 Å². The number of ether oxygens (including phenoxy) is 1. The minimum Gasteiger partial charge on any atom is -0.495 e. The summed E-state index contributed by atoms with van der Waals surface area (Å²) in [5.41, 5.74) is -1.77. The smallest absolute Gasteiger partial charge is 0.436 e. The molecule has 0 saturated carbocycles. The maximum atomic E-state index is 14.6. The van der Waals surface area contributed by atoms with Gasteiger partial charge in [0.05, 0.1) is 37.3 Å². The number of anilines is 1. The summed E-state index contributed by atoms with van der Waals surface area (Å²) in [6.45, 7) is 2.62. The number of methoxy groups -OCH3 is 1. The highest BCUT2D eigenvalue weighted by molar-refractivity contribution is 6.31. The maximum absolute atomic E-state index is 14.6. The van der Waals surface area contributed by atoms with E-state index in [2.05, 4.69) is 20.9 Å². The van der Waals surface area contributed by atoms with Crippen molar-refractivity contribution in [2.24, 2.45) is 0 Å². The van der Waals surface area contributed by atoms with E-state index in [0.717, 1.165) is 27.4 Å². The molecular weight excluding hydrogens is 624 g/mol. The fraction of sp³-hybridized carbons (Fsp3) is 0.241. The fourth-order valence-electron chi connectivity index (χ4n) is 4.39. The van der Waals surface area contributed by atoms with Crippen LogP contribution in [0.15, 0.2) is 59.7 Å². The van der Waals surface area contributed by atoms with Crippen LogP contribution >= 0.6 is 11.6 Å². The van der Waals surface area contributed by atoms with Crippen LogP contribution in [0.4, 0.5) is 23.2 Å². The van der Waals surface area contributed by atoms with Crippen LogP contribution in [0.5, 0.6) is 5.75 Å². The second-order valence-electron chi connectivity index (χ2n) is 9.70. The number of alkyl halides is 3. The van der Waals surface area contributed by atoms with Crippen LogP contribution in [0.2, 0.25) is 5.02 Å². The molecule has 0 aliphatic heterocycles. The highest BCUT2D eigenvalue weighted by Crippen LogP contribution is 2.36. The SMILES string of the molecule is CC[C@@H](C(=O)Nc1ccc(C(=O)NCC(C)=O)c(F)c1)n1cc(OC)c(-c2cc(Cl)ccc2-n2cc(C(F)(F)F)nn2)cc1=O. The number of amides is 2. The minimum absolute atomic E-state index is 0.00493. The fourth-order valence-corrected chi connectivity index (χ4v) is 4.56. The van der Waals surface area contributed by atoms with Crippen LogP contribution in [0.1, 0.15) is 42.4 Å². The highest BCUT2D eigenvalue weighted by Gasteiger charge is 2.35. The lowest BCUT2D eigenvalue weighted by Crippen LogP contribution is -2.33. The molecule has 4 aromatic rings. The third kappa shape index (κ3) is 7.37. The van der Waals surface area contributed by atoms with Crippen molar-refractivity contribution < 1.29 is 36.7 Å². The summed E-state index contributed by atoms with van der Waals surface area (Å²) < 4.78 is 61.7. The van der Waals surface area contributed by atoms with Crippen LogP contribution in [-0.2, 0) is 15.8 Å². The van der Waals surface area contributed by atoms with Crippen LogP contribution in [-0.4, -0.2) is 50.8 Å². The van der Waals surface area contributed by atoms with Gasteiger partial charge in [-0.2, -0.15) is 13.2 Å². The van der Waals surface area contributed by atoms with E-state index in [0.29, 0.717) is 6.20 Å². The zero-order chi connectivity index (χ0) is 33.1. The average molecular weight is 649 g/mol. The van der Waals surface area contributed by atoms with Crippen molar-refractivity contribution in [3.8, 4) is 22.6 Å². The standard InChI is InChI=1S/C29H25ClF4N6O5/c1-4-22(28(44)36-17-6-7-18(21(31)10-17)27(43)35-12-15(2)41)39-13-24(45-3)20(11-26(39)42)19-9-16(30)5-8-23(19)40-14-25(37-38-40)29(32,33)34/h5-11,13-14,22H,4,12H2,1-3H3,(H,35,43)(H,36,44)/t22-/m0/s1. The summed E-state index contributed by atoms with van der Waals surface area (Å²) in [5, 5.41) is 11.7. The Morgan fingerprint density at radius 1 is 1.07 bits per heavy atom. The molecule has 16 heteroatoms. The monoisotopic (exact) mass is 648 g/mol. The predicted molar refractivity (Wildman–Crippen MR) is 155 cm³/mol. The molecule has 0 fully saturated rings. The van der Waals surface area contributed by atoms with Crippen LogP contribution in [0.25, 0.3) is 16.8 Å². The molecular formula is C29H25ClF4N6O5. The van der Waals surface area contributed by atoms with E-state index in [-0.39, 0.29) is 57.6 Å². The van der Waals surface area contributed by atoms with E-state index in [4.69, 9.17) is 16.3 Å². The number of benzene rings is 2. The Labute approximate surface area is 257 Å². The van der Waals surface area contributed by atoms with Gasteiger partial charge in [0.25, 0.3) is 11.5 Å². The quantitative estimate of drug-likeness (QED) is 0.235. The van der Waals surface area contributed by atoms with Crippen molar-refractivity contribution in [2.45, 2.75) is 32.5 Å². The van der Waals surface area contributed by atoms with Crippen molar-refractivity contribution >= 4 is 34.9 Å². The zero-order valence-electron chi connectivity index (χ0n) is 23.9. The van der Waals surface area contributed by atoms with Gasteiger partial charge in [-0.25, -0.2) is 9.07 Å². The number of Topliss-reactive ketones (excluding diaryl/α,β-unsaturated/α-hetero) is 1. The third-order valence-electron chi connectivity index (χ3n) is 6.55. The molecule has 0 spiro atoms. The molecule has 2 N–H and O–H groups in total. The first-order chi connectivity index (χ1) is 21.2. The van der Waals surface area contributed by atoms with Crippen LogP contribution in [0.3, 0.4) is 0 Å². The molecule has 1 atom stereocenters. The van der Waals surface area contributed by atoms with Crippen molar-refractivity contribution in [3.63, 3.8) is 0 Å². The number of hydrogen-bond acceptors (Lipinski definition) is 7. The van der Waals surface area contributed by atoms with Gasteiger partial charge in [0, 0.05) is 27.9 Å². The molecule has 11 nitrogen and oxygen atoms in total. The van der Waals surface area contributed by atoms with E-state index in [9.17, 15) is 36.7 Å². The summed E-state index contributed by atoms with van der Waals surface area (Å²) in [4.78, 5) is 49.8. The Balaban J connectivity index is 1.66. The van der Waals surface area contributed by atoms with Gasteiger partial charge in [0.1, 0.15) is 23.4 Å². The van der Waals surface area contributed by atoms with Gasteiger partial charge < -0.3 is 15.4 Å². The van der Waals surface area contributed by atoms with E-state index in [1.807, 2.05) is 0 Å². The normalized spacial score (nSPS) is 12.0. The predicted octanol–water partition coefficient (Wildman–Crippen LogP) is 4.82. The molecule has 0 bridgehead atoms. The first-order valence-electron chi connectivity index (χ1n) is 13.2. The van der Waals surface area contributed by atoms with Crippen LogP contribution in [0, 0.1) is 5.82 Å². The van der Waals surface area contributed by atoms with Crippen molar-refractivity contribution in [3.05, 3.63) is 87.3 Å². The van der Waals surface area contributed by atoms with Gasteiger partial charge in [0.2, 0.25) is 5.91 Å². The van der Waals surface area contributed by atoms with E-state index in [1.54, 1.807) is 6.92 Å². The largest absolute Gasteiger partial charge is 0.495 e. The number of rotatable bonds is 10. The minimum atomic E-state index is -4.74. The number of nitrogens with zero attached hydrogens (tertiary/aromatic N) is 4. The molecule has 0 aliphatic carbocycles. The lowest BCUT2D eigenvalue weighted by atomic mass is 10.0. The average Bonchev–Trinajstić information content (AvgIpc) is 3.48. The second kappa shape index (κ2) is 13.3. The maximum Gasteiger partial charge on any atom is 0.436 e. The number of nitrogens with one attached hydrogen (secondary N) is 2. The summed E-state index contributed by atoms with van der Waals surface area (Å²) >= 11 is 6.19. The van der Waals surface area contributed by atoms with Gasteiger partial charge in [-0.3, -0.25) is 23.7 Å². The Morgan fingerprint density at radius 3 is 2.40 bits per heavy atom. The summed E-state index contributed by atoms with van der Waals surface area (Å²) in [6, 6.07) is 7.62. The summed E-state index contributed by atoms with van der Waals surface area (Å²) in [7, 11) is 1.30. The molecule has 2 aromatic heterocycles. The molecule has 2 aromatic carbocycles. The zero-order valence-corrected chi connectivity index (χ0v) is 24.7. The second-order valence-corrected chi connectivity index (χ2v) is 10.1. The summed E-state index contributed by atoms with van der Waals surface area (Å²) in [5.74, 6) is -2.68. The lowest BCUT2D eigenvalue weighted by molar-refractivity contribution is -0.141. The van der Waals surface area contributed by atoms with Gasteiger partial charge in [-0.05, 0) is 49.7 Å². The number of pyridine rings is 1. The molecule has 236 valence electrons. The number of hydrogen-bond donors (Lipinski definition) is 2. The molecule has 0 unspecified atom stereocenters. The number of carbonyl (C=O) groups excluding carboxylic acids is 3. The molecule has 0 aliphatic rings. The van der Waals surface area contributed by atoms with Crippen LogP contribution < -0.4 is 20.9 Å². The summed E-state index contributed by atoms with van der Waals surface area (Å²) in [6.07, 6.45) is -2.67. The lowest BCUT2D eigenvalue weighted by Gasteiger charge is -2.21. The van der Waals surface area contributed by atoms with E-state index < -0.39 is 41.1 Å². The third-order valence-corrected chi connectivity index (χ3v) is 6.78. The number of carbonyl (C=O) groups is 3. The number of halogens is 5. The van der Waals surface area contributed by atoms with Gasteiger partial charge >= 0.3 is 6.18 Å². The molecule has 0 radical (unpaired) electrons.